The summed E-state index contributed by atoms with van der Waals surface area (Å²) in [5.74, 6) is 1.89. The van der Waals surface area contributed by atoms with Crippen molar-refractivity contribution in [2.75, 3.05) is 27.4 Å². The summed E-state index contributed by atoms with van der Waals surface area (Å²) in [6.07, 6.45) is 2.48. The summed E-state index contributed by atoms with van der Waals surface area (Å²) in [6.45, 7) is 9.56. The van der Waals surface area contributed by atoms with Crippen molar-refractivity contribution < 1.29 is 23.7 Å². The van der Waals surface area contributed by atoms with Crippen LogP contribution in [0.25, 0.3) is 10.4 Å². The molecule has 2 rings (SSSR count). The summed E-state index contributed by atoms with van der Waals surface area (Å²) in [7, 11) is 3.30. The topological polar surface area (TPSA) is 103 Å². The molecular weight excluding hydrogens is 422 g/mol. The lowest BCUT2D eigenvalue weighted by molar-refractivity contribution is -0.145. The minimum absolute atomic E-state index is 0.136. The molecule has 33 heavy (non-hydrogen) atoms. The summed E-state index contributed by atoms with van der Waals surface area (Å²) in [4.78, 5) is 15.3. The molecule has 1 saturated heterocycles. The zero-order valence-corrected chi connectivity index (χ0v) is 20.8. The first-order chi connectivity index (χ1) is 15.8. The van der Waals surface area contributed by atoms with Crippen molar-refractivity contribution >= 4 is 5.97 Å². The normalized spacial score (nSPS) is 19.8. The molecule has 0 radical (unpaired) electrons. The van der Waals surface area contributed by atoms with Gasteiger partial charge in [-0.3, -0.25) is 4.79 Å². The maximum absolute atomic E-state index is 12.3. The lowest BCUT2D eigenvalue weighted by Gasteiger charge is -2.27. The van der Waals surface area contributed by atoms with Gasteiger partial charge in [0.2, 0.25) is 0 Å². The zero-order valence-electron chi connectivity index (χ0n) is 20.8. The first-order valence-electron chi connectivity index (χ1n) is 11.8. The number of rotatable bonds is 14. The largest absolute Gasteiger partial charge is 0.493 e. The number of cyclic esters (lactones) is 1. The number of azide groups is 1. The van der Waals surface area contributed by atoms with Gasteiger partial charge in [0.15, 0.2) is 11.5 Å². The molecule has 1 aromatic carbocycles. The van der Waals surface area contributed by atoms with E-state index in [1.54, 1.807) is 14.2 Å². The second kappa shape index (κ2) is 13.3. The number of esters is 1. The zero-order chi connectivity index (χ0) is 24.4. The van der Waals surface area contributed by atoms with E-state index in [2.05, 4.69) is 23.9 Å². The van der Waals surface area contributed by atoms with Crippen LogP contribution in [0.15, 0.2) is 23.3 Å². The molecule has 1 heterocycles. The van der Waals surface area contributed by atoms with E-state index in [-0.39, 0.29) is 35.9 Å². The fraction of sp³-hybridized carbons (Fsp3) is 0.720. The molecule has 8 heteroatoms. The minimum Gasteiger partial charge on any atom is -0.493 e. The van der Waals surface area contributed by atoms with Crippen LogP contribution in [0.2, 0.25) is 0 Å². The van der Waals surface area contributed by atoms with Crippen molar-refractivity contribution in [3.05, 3.63) is 34.2 Å². The van der Waals surface area contributed by atoms with Gasteiger partial charge < -0.3 is 18.9 Å². The van der Waals surface area contributed by atoms with Gasteiger partial charge in [-0.25, -0.2) is 0 Å². The summed E-state index contributed by atoms with van der Waals surface area (Å²) in [6, 6.07) is 5.62. The highest BCUT2D eigenvalue weighted by Gasteiger charge is 2.40. The highest BCUT2D eigenvalue weighted by atomic mass is 16.6. The minimum atomic E-state index is -0.377. The van der Waals surface area contributed by atoms with E-state index < -0.39 is 0 Å². The second-order valence-electron chi connectivity index (χ2n) is 9.46. The predicted molar refractivity (Wildman–Crippen MR) is 127 cm³/mol. The Morgan fingerprint density at radius 1 is 1.18 bits per heavy atom. The molecule has 0 amide bonds. The van der Waals surface area contributed by atoms with E-state index in [1.165, 1.54) is 0 Å². The van der Waals surface area contributed by atoms with Gasteiger partial charge in [-0.2, -0.15) is 0 Å². The Kier molecular flexibility index (Phi) is 10.8. The average Bonchev–Trinajstić information content (AvgIpc) is 3.17. The van der Waals surface area contributed by atoms with Crippen molar-refractivity contribution in [3.63, 3.8) is 0 Å². The van der Waals surface area contributed by atoms with Crippen LogP contribution in [-0.2, 0) is 20.7 Å². The molecule has 1 aliphatic rings. The Labute approximate surface area is 197 Å². The molecule has 0 spiro atoms. The quantitative estimate of drug-likeness (QED) is 0.118. The van der Waals surface area contributed by atoms with Gasteiger partial charge in [0.1, 0.15) is 6.10 Å². The van der Waals surface area contributed by atoms with Gasteiger partial charge in [0, 0.05) is 25.0 Å². The summed E-state index contributed by atoms with van der Waals surface area (Å²) in [5, 5.41) is 4.05. The lowest BCUT2D eigenvalue weighted by atomic mass is 9.82. The Morgan fingerprint density at radius 3 is 2.52 bits per heavy atom. The number of ether oxygens (including phenoxy) is 4. The summed E-state index contributed by atoms with van der Waals surface area (Å²) >= 11 is 0. The molecular formula is C25H39N3O5. The maximum atomic E-state index is 12.3. The number of methoxy groups -OCH3 is 2. The number of nitrogens with zero attached hydrogens (tertiary/aromatic N) is 3. The SMILES string of the molecule is COCCCOc1cc(CC(CC(N=[N+]=[N-])C2CC(C(C)C)C(=O)O2)C(C)C)ccc1OC. The monoisotopic (exact) mass is 461 g/mol. The smallest absolute Gasteiger partial charge is 0.309 e. The van der Waals surface area contributed by atoms with Gasteiger partial charge in [-0.1, -0.05) is 38.9 Å². The number of benzene rings is 1. The molecule has 184 valence electrons. The maximum Gasteiger partial charge on any atom is 0.309 e. The molecule has 1 aliphatic heterocycles. The lowest BCUT2D eigenvalue weighted by Crippen LogP contribution is -2.29. The molecule has 4 atom stereocenters. The third kappa shape index (κ3) is 7.83. The molecule has 0 saturated carbocycles. The van der Waals surface area contributed by atoms with Crippen LogP contribution in [-0.4, -0.2) is 45.5 Å². The van der Waals surface area contributed by atoms with Crippen LogP contribution in [0.3, 0.4) is 0 Å². The van der Waals surface area contributed by atoms with Crippen molar-refractivity contribution in [2.45, 2.75) is 65.5 Å². The summed E-state index contributed by atoms with van der Waals surface area (Å²) < 4.78 is 22.1. The fourth-order valence-electron chi connectivity index (χ4n) is 4.30. The average molecular weight is 462 g/mol. The highest BCUT2D eigenvalue weighted by Crippen LogP contribution is 2.35. The number of hydrogen-bond acceptors (Lipinski definition) is 6. The first kappa shape index (κ1) is 26.8. The van der Waals surface area contributed by atoms with Crippen molar-refractivity contribution in [1.82, 2.24) is 0 Å². The van der Waals surface area contributed by atoms with E-state index in [9.17, 15) is 10.3 Å². The molecule has 1 fully saturated rings. The predicted octanol–water partition coefficient (Wildman–Crippen LogP) is 5.58. The van der Waals surface area contributed by atoms with Crippen molar-refractivity contribution in [1.29, 1.82) is 0 Å². The molecule has 8 nitrogen and oxygen atoms in total. The molecule has 1 aromatic rings. The molecule has 4 unspecified atom stereocenters. The van der Waals surface area contributed by atoms with E-state index in [4.69, 9.17) is 18.9 Å². The number of hydrogen-bond donors (Lipinski definition) is 0. The van der Waals surface area contributed by atoms with Gasteiger partial charge in [0.05, 0.1) is 25.7 Å². The fourth-order valence-corrected chi connectivity index (χ4v) is 4.30. The van der Waals surface area contributed by atoms with E-state index >= 15 is 0 Å². The van der Waals surface area contributed by atoms with E-state index in [0.717, 1.165) is 18.4 Å². The van der Waals surface area contributed by atoms with E-state index in [0.29, 0.717) is 43.5 Å². The standard InChI is InChI=1S/C25H39N3O5/c1-16(2)19(14-21(27-28-26)23-15-20(17(3)4)25(29)33-23)12-18-8-9-22(31-6)24(13-18)32-11-7-10-30-5/h8-9,13,16-17,19-21,23H,7,10-12,14-15H2,1-6H3. The van der Waals surface area contributed by atoms with Crippen LogP contribution in [0.1, 0.15) is 52.5 Å². The van der Waals surface area contributed by atoms with Crippen LogP contribution in [0, 0.1) is 23.7 Å². The van der Waals surface area contributed by atoms with Crippen molar-refractivity contribution in [3.8, 4) is 11.5 Å². The van der Waals surface area contributed by atoms with Crippen molar-refractivity contribution in [2.24, 2.45) is 28.8 Å². The second-order valence-corrected chi connectivity index (χ2v) is 9.46. The number of carbonyl (C=O) groups excluding carboxylic acids is 1. The van der Waals surface area contributed by atoms with Gasteiger partial charge in [-0.15, -0.1) is 0 Å². The van der Waals surface area contributed by atoms with Gasteiger partial charge in [-0.05, 0) is 60.2 Å². The van der Waals surface area contributed by atoms with Crippen LogP contribution in [0.4, 0.5) is 0 Å². The van der Waals surface area contributed by atoms with Crippen LogP contribution >= 0.6 is 0 Å². The van der Waals surface area contributed by atoms with Gasteiger partial charge >= 0.3 is 5.97 Å². The Balaban J connectivity index is 2.14. The highest BCUT2D eigenvalue weighted by molar-refractivity contribution is 5.75. The molecule has 0 bridgehead atoms. The number of carbonyl (C=O) groups is 1. The summed E-state index contributed by atoms with van der Waals surface area (Å²) in [5.41, 5.74) is 10.3. The van der Waals surface area contributed by atoms with Crippen LogP contribution in [0.5, 0.6) is 11.5 Å². The molecule has 0 aliphatic carbocycles. The third-order valence-corrected chi connectivity index (χ3v) is 6.45. The third-order valence-electron chi connectivity index (χ3n) is 6.45. The Bertz CT molecular complexity index is 807. The van der Waals surface area contributed by atoms with E-state index in [1.807, 2.05) is 32.0 Å². The Morgan fingerprint density at radius 2 is 1.94 bits per heavy atom. The van der Waals surface area contributed by atoms with Crippen LogP contribution < -0.4 is 9.47 Å². The first-order valence-corrected chi connectivity index (χ1v) is 11.8. The molecule has 0 N–H and O–H groups in total. The molecule has 0 aromatic heterocycles. The Hall–Kier alpha value is -2.44. The van der Waals surface area contributed by atoms with Gasteiger partial charge in [0.25, 0.3) is 0 Å².